The summed E-state index contributed by atoms with van der Waals surface area (Å²) >= 11 is 0. The summed E-state index contributed by atoms with van der Waals surface area (Å²) in [6.07, 6.45) is 0. The van der Waals surface area contributed by atoms with Gasteiger partial charge in [0.1, 0.15) is 0 Å². The van der Waals surface area contributed by atoms with E-state index in [9.17, 15) is 14.4 Å². The highest BCUT2D eigenvalue weighted by molar-refractivity contribution is 6.37. The number of rotatable bonds is 3. The molecule has 1 N–H and O–H groups in total. The van der Waals surface area contributed by atoms with Gasteiger partial charge in [-0.15, -0.1) is 0 Å². The fourth-order valence-electron chi connectivity index (χ4n) is 1.18. The normalized spacial score (nSPS) is 9.44. The smallest absolute Gasteiger partial charge is 0.396 e. The SMILES string of the molecule is CCOC(=O)c1ccc(NC(=O)C(=O)OC)cc1. The summed E-state index contributed by atoms with van der Waals surface area (Å²) in [5.74, 6) is -2.30. The van der Waals surface area contributed by atoms with Gasteiger partial charge in [-0.1, -0.05) is 0 Å². The van der Waals surface area contributed by atoms with Crippen LogP contribution in [0.25, 0.3) is 0 Å². The summed E-state index contributed by atoms with van der Waals surface area (Å²) in [6.45, 7) is 2.00. The van der Waals surface area contributed by atoms with Gasteiger partial charge in [-0.2, -0.15) is 0 Å². The Hall–Kier alpha value is -2.37. The Bertz CT molecular complexity index is 452. The van der Waals surface area contributed by atoms with Crippen molar-refractivity contribution in [3.63, 3.8) is 0 Å². The monoisotopic (exact) mass is 251 g/mol. The quantitative estimate of drug-likeness (QED) is 0.639. The van der Waals surface area contributed by atoms with E-state index in [0.29, 0.717) is 17.9 Å². The number of benzene rings is 1. The number of anilines is 1. The lowest BCUT2D eigenvalue weighted by molar-refractivity contribution is -0.150. The molecule has 0 saturated carbocycles. The van der Waals surface area contributed by atoms with Gasteiger partial charge in [0.2, 0.25) is 0 Å². The number of ether oxygens (including phenoxy) is 2. The molecule has 1 aromatic carbocycles. The van der Waals surface area contributed by atoms with Crippen LogP contribution in [0.4, 0.5) is 5.69 Å². The summed E-state index contributed by atoms with van der Waals surface area (Å²) in [5.41, 5.74) is 0.756. The first-order chi connectivity index (χ1) is 8.58. The third kappa shape index (κ3) is 3.58. The zero-order chi connectivity index (χ0) is 13.5. The number of hydrogen-bond acceptors (Lipinski definition) is 5. The van der Waals surface area contributed by atoms with Gasteiger partial charge in [0.05, 0.1) is 19.3 Å². The van der Waals surface area contributed by atoms with Crippen LogP contribution in [0.3, 0.4) is 0 Å². The second kappa shape index (κ2) is 6.39. The van der Waals surface area contributed by atoms with E-state index in [0.717, 1.165) is 7.11 Å². The van der Waals surface area contributed by atoms with Crippen molar-refractivity contribution in [2.75, 3.05) is 19.0 Å². The topological polar surface area (TPSA) is 81.7 Å². The maximum Gasteiger partial charge on any atom is 0.396 e. The summed E-state index contributed by atoms with van der Waals surface area (Å²) < 4.78 is 9.06. The Morgan fingerprint density at radius 3 is 2.28 bits per heavy atom. The number of amides is 1. The van der Waals surface area contributed by atoms with Crippen LogP contribution in [0, 0.1) is 0 Å². The van der Waals surface area contributed by atoms with Crippen LogP contribution in [-0.2, 0) is 19.1 Å². The predicted molar refractivity (Wildman–Crippen MR) is 63.0 cm³/mol. The zero-order valence-electron chi connectivity index (χ0n) is 10.1. The van der Waals surface area contributed by atoms with Crippen LogP contribution in [0.5, 0.6) is 0 Å². The molecule has 0 saturated heterocycles. The molecule has 0 fully saturated rings. The number of hydrogen-bond donors (Lipinski definition) is 1. The molecule has 96 valence electrons. The van der Waals surface area contributed by atoms with Gasteiger partial charge in [0, 0.05) is 5.69 Å². The number of nitrogens with one attached hydrogen (secondary N) is 1. The third-order valence-electron chi connectivity index (χ3n) is 2.02. The fourth-order valence-corrected chi connectivity index (χ4v) is 1.18. The van der Waals surface area contributed by atoms with E-state index in [4.69, 9.17) is 4.74 Å². The van der Waals surface area contributed by atoms with Crippen LogP contribution >= 0.6 is 0 Å². The van der Waals surface area contributed by atoms with Gasteiger partial charge in [-0.05, 0) is 31.2 Å². The van der Waals surface area contributed by atoms with E-state index in [1.165, 1.54) is 24.3 Å². The second-order valence-corrected chi connectivity index (χ2v) is 3.24. The standard InChI is InChI=1S/C12H13NO5/c1-3-18-11(15)8-4-6-9(7-5-8)13-10(14)12(16)17-2/h4-7H,3H2,1-2H3,(H,13,14). The van der Waals surface area contributed by atoms with Crippen molar-refractivity contribution >= 4 is 23.5 Å². The van der Waals surface area contributed by atoms with Crippen LogP contribution in [0.1, 0.15) is 17.3 Å². The molecule has 1 rings (SSSR count). The highest BCUT2D eigenvalue weighted by atomic mass is 16.5. The number of carbonyl (C=O) groups excluding carboxylic acids is 3. The lowest BCUT2D eigenvalue weighted by Gasteiger charge is -2.05. The van der Waals surface area contributed by atoms with Crippen molar-refractivity contribution < 1.29 is 23.9 Å². The lowest BCUT2D eigenvalue weighted by Crippen LogP contribution is -2.23. The predicted octanol–water partition coefficient (Wildman–Crippen LogP) is 0.975. The zero-order valence-corrected chi connectivity index (χ0v) is 10.1. The maximum absolute atomic E-state index is 11.3. The third-order valence-corrected chi connectivity index (χ3v) is 2.02. The summed E-state index contributed by atoms with van der Waals surface area (Å²) in [6, 6.07) is 5.97. The first-order valence-corrected chi connectivity index (χ1v) is 5.25. The van der Waals surface area contributed by atoms with Crippen molar-refractivity contribution in [2.45, 2.75) is 6.92 Å². The molecular weight excluding hydrogens is 238 g/mol. The molecule has 0 aliphatic carbocycles. The lowest BCUT2D eigenvalue weighted by atomic mass is 10.2. The molecular formula is C12H13NO5. The summed E-state index contributed by atoms with van der Waals surface area (Å²) in [5, 5.41) is 2.33. The summed E-state index contributed by atoms with van der Waals surface area (Å²) in [7, 11) is 1.12. The molecule has 0 spiro atoms. The van der Waals surface area contributed by atoms with Gasteiger partial charge in [0.15, 0.2) is 0 Å². The Morgan fingerprint density at radius 2 is 1.78 bits per heavy atom. The second-order valence-electron chi connectivity index (χ2n) is 3.24. The number of methoxy groups -OCH3 is 1. The van der Waals surface area contributed by atoms with Crippen molar-refractivity contribution in [1.82, 2.24) is 0 Å². The Kier molecular flexibility index (Phi) is 4.86. The van der Waals surface area contributed by atoms with E-state index < -0.39 is 17.8 Å². The van der Waals surface area contributed by atoms with Gasteiger partial charge in [-0.25, -0.2) is 9.59 Å². The fraction of sp³-hybridized carbons (Fsp3) is 0.250. The van der Waals surface area contributed by atoms with Gasteiger partial charge in [-0.3, -0.25) is 4.79 Å². The van der Waals surface area contributed by atoms with E-state index in [-0.39, 0.29) is 0 Å². The molecule has 0 heterocycles. The van der Waals surface area contributed by atoms with Crippen molar-refractivity contribution in [2.24, 2.45) is 0 Å². The minimum absolute atomic E-state index is 0.291. The number of esters is 2. The highest BCUT2D eigenvalue weighted by Gasteiger charge is 2.14. The van der Waals surface area contributed by atoms with E-state index in [2.05, 4.69) is 10.1 Å². The average Bonchev–Trinajstić information content (AvgIpc) is 2.38. The van der Waals surface area contributed by atoms with E-state index >= 15 is 0 Å². The van der Waals surface area contributed by atoms with E-state index in [1.807, 2.05) is 0 Å². The Balaban J connectivity index is 2.69. The van der Waals surface area contributed by atoms with Crippen LogP contribution < -0.4 is 5.32 Å². The van der Waals surface area contributed by atoms with Gasteiger partial charge >= 0.3 is 17.8 Å². The van der Waals surface area contributed by atoms with Gasteiger partial charge < -0.3 is 14.8 Å². The summed E-state index contributed by atoms with van der Waals surface area (Å²) in [4.78, 5) is 33.4. The molecule has 0 aliphatic heterocycles. The minimum Gasteiger partial charge on any atom is -0.462 e. The molecule has 0 aromatic heterocycles. The van der Waals surface area contributed by atoms with Crippen molar-refractivity contribution in [3.05, 3.63) is 29.8 Å². The van der Waals surface area contributed by atoms with Crippen molar-refractivity contribution in [1.29, 1.82) is 0 Å². The molecule has 1 amide bonds. The van der Waals surface area contributed by atoms with Gasteiger partial charge in [0.25, 0.3) is 0 Å². The molecule has 0 radical (unpaired) electrons. The molecule has 6 heteroatoms. The molecule has 0 unspecified atom stereocenters. The Morgan fingerprint density at radius 1 is 1.17 bits per heavy atom. The maximum atomic E-state index is 11.3. The largest absolute Gasteiger partial charge is 0.462 e. The van der Waals surface area contributed by atoms with Crippen LogP contribution in [0.2, 0.25) is 0 Å². The molecule has 1 aromatic rings. The Labute approximate surface area is 104 Å². The average molecular weight is 251 g/mol. The van der Waals surface area contributed by atoms with Crippen molar-refractivity contribution in [3.8, 4) is 0 Å². The molecule has 18 heavy (non-hydrogen) atoms. The molecule has 0 bridgehead atoms. The highest BCUT2D eigenvalue weighted by Crippen LogP contribution is 2.10. The first-order valence-electron chi connectivity index (χ1n) is 5.25. The van der Waals surface area contributed by atoms with Crippen LogP contribution in [-0.4, -0.2) is 31.6 Å². The van der Waals surface area contributed by atoms with E-state index in [1.54, 1.807) is 6.92 Å². The molecule has 6 nitrogen and oxygen atoms in total. The molecule has 0 aliphatic rings. The molecule has 0 atom stereocenters. The number of carbonyl (C=O) groups is 3. The first kappa shape index (κ1) is 13.7. The van der Waals surface area contributed by atoms with Crippen LogP contribution in [0.15, 0.2) is 24.3 Å². The minimum atomic E-state index is -0.982.